The van der Waals surface area contributed by atoms with Gasteiger partial charge in [0.15, 0.2) is 0 Å². The third-order valence-corrected chi connectivity index (χ3v) is 8.37. The van der Waals surface area contributed by atoms with Crippen LogP contribution in [0.1, 0.15) is 32.8 Å². The van der Waals surface area contributed by atoms with Crippen molar-refractivity contribution in [1.29, 1.82) is 0 Å². The lowest BCUT2D eigenvalue weighted by atomic mass is 9.62. The van der Waals surface area contributed by atoms with E-state index in [0.29, 0.717) is 18.7 Å². The monoisotopic (exact) mass is 491 g/mol. The highest BCUT2D eigenvalue weighted by Crippen LogP contribution is 2.65. The van der Waals surface area contributed by atoms with Crippen molar-refractivity contribution < 1.29 is 24.2 Å². The van der Waals surface area contributed by atoms with Crippen molar-refractivity contribution in [3.05, 3.63) is 66.2 Å². The highest BCUT2D eigenvalue weighted by Gasteiger charge is 2.80. The van der Waals surface area contributed by atoms with Gasteiger partial charge in [0, 0.05) is 12.2 Å². The van der Waals surface area contributed by atoms with Crippen molar-refractivity contribution in [2.24, 2.45) is 17.8 Å². The van der Waals surface area contributed by atoms with Gasteiger partial charge in [0.1, 0.15) is 11.6 Å². The number of fused-ring (bicyclic) bond motifs is 1. The maximum Gasteiger partial charge on any atom is 0.246 e. The van der Waals surface area contributed by atoms with Gasteiger partial charge in [-0.25, -0.2) is 0 Å². The van der Waals surface area contributed by atoms with E-state index >= 15 is 0 Å². The molecule has 7 atom stereocenters. The Morgan fingerprint density at radius 3 is 2.39 bits per heavy atom. The third-order valence-electron chi connectivity index (χ3n) is 8.37. The number of aliphatic hydroxyl groups excluding tert-OH is 1. The number of aliphatic hydroxyl groups is 1. The number of hydrogen-bond donors (Lipinski definition) is 3. The Hall–Kier alpha value is -3.23. The molecule has 3 aliphatic rings. The van der Waals surface area contributed by atoms with Crippen LogP contribution in [0.2, 0.25) is 0 Å². The number of rotatable bonds is 7. The van der Waals surface area contributed by atoms with Gasteiger partial charge in [-0.3, -0.25) is 14.4 Å². The standard InChI is InChI=1S/C28H33N3O5/c1-17-14-28-22(21(27(17,3)36-28)24(33)30-20-12-8-5-9-13-20)26(35)31(18(2)16-32)23(28)25(34)29-15-19-10-6-4-7-11-19/h4-13,17-18,21-23,32H,14-16H2,1-3H3,(H,29,34)(H,30,33)/t17?,18-,21+,22+,23?,27-,28?/m1/s1. The fourth-order valence-corrected chi connectivity index (χ4v) is 6.56. The smallest absolute Gasteiger partial charge is 0.246 e. The molecule has 5 rings (SSSR count). The first kappa shape index (κ1) is 24.5. The Bertz CT molecular complexity index is 1160. The molecule has 8 heteroatoms. The van der Waals surface area contributed by atoms with Gasteiger partial charge in [0.25, 0.3) is 0 Å². The van der Waals surface area contributed by atoms with E-state index in [1.54, 1.807) is 19.1 Å². The molecule has 3 unspecified atom stereocenters. The number of amides is 3. The van der Waals surface area contributed by atoms with E-state index in [4.69, 9.17) is 4.74 Å². The second-order valence-corrected chi connectivity index (χ2v) is 10.5. The van der Waals surface area contributed by atoms with Crippen LogP contribution < -0.4 is 10.6 Å². The van der Waals surface area contributed by atoms with Crippen LogP contribution in [-0.2, 0) is 25.7 Å². The fraction of sp³-hybridized carbons (Fsp3) is 0.464. The van der Waals surface area contributed by atoms with Gasteiger partial charge in [-0.15, -0.1) is 0 Å². The normalized spacial score (nSPS) is 33.3. The Balaban J connectivity index is 1.50. The quantitative estimate of drug-likeness (QED) is 0.551. The average Bonchev–Trinajstić information content (AvgIpc) is 3.40. The highest BCUT2D eigenvalue weighted by molar-refractivity contribution is 6.02. The number of nitrogens with zero attached hydrogens (tertiary/aromatic N) is 1. The molecule has 190 valence electrons. The van der Waals surface area contributed by atoms with Crippen LogP contribution in [0.5, 0.6) is 0 Å². The average molecular weight is 492 g/mol. The van der Waals surface area contributed by atoms with Crippen LogP contribution in [0.4, 0.5) is 5.69 Å². The van der Waals surface area contributed by atoms with Crippen molar-refractivity contribution >= 4 is 23.4 Å². The minimum absolute atomic E-state index is 0.0538. The van der Waals surface area contributed by atoms with E-state index in [2.05, 4.69) is 10.6 Å². The van der Waals surface area contributed by atoms with Gasteiger partial charge in [-0.05, 0) is 43.9 Å². The summed E-state index contributed by atoms with van der Waals surface area (Å²) in [7, 11) is 0. The van der Waals surface area contributed by atoms with Crippen LogP contribution in [0.3, 0.4) is 0 Å². The number of carbonyl (C=O) groups excluding carboxylic acids is 3. The maximum atomic E-state index is 14.0. The first-order valence-electron chi connectivity index (χ1n) is 12.5. The molecule has 0 radical (unpaired) electrons. The summed E-state index contributed by atoms with van der Waals surface area (Å²) >= 11 is 0. The molecular formula is C28H33N3O5. The van der Waals surface area contributed by atoms with Crippen LogP contribution in [0.15, 0.2) is 60.7 Å². The second-order valence-electron chi connectivity index (χ2n) is 10.5. The van der Waals surface area contributed by atoms with Gasteiger partial charge in [-0.2, -0.15) is 0 Å². The maximum absolute atomic E-state index is 14.0. The SMILES string of the molecule is CC1CC23O[C@@]1(C)[C@H](C(=O)Nc1ccccc1)[C@H]2C(=O)N([C@H](C)CO)C3C(=O)NCc1ccccc1. The summed E-state index contributed by atoms with van der Waals surface area (Å²) in [6, 6.07) is 17.1. The van der Waals surface area contributed by atoms with Gasteiger partial charge in [0.05, 0.1) is 30.1 Å². The molecule has 36 heavy (non-hydrogen) atoms. The van der Waals surface area contributed by atoms with E-state index < -0.39 is 35.1 Å². The topological polar surface area (TPSA) is 108 Å². The van der Waals surface area contributed by atoms with Gasteiger partial charge in [-0.1, -0.05) is 55.5 Å². The van der Waals surface area contributed by atoms with Gasteiger partial charge in [0.2, 0.25) is 17.7 Å². The van der Waals surface area contributed by atoms with Crippen molar-refractivity contribution in [3.8, 4) is 0 Å². The van der Waals surface area contributed by atoms with Crippen LogP contribution in [-0.4, -0.2) is 57.6 Å². The minimum atomic E-state index is -1.14. The molecule has 2 bridgehead atoms. The lowest BCUT2D eigenvalue weighted by Crippen LogP contribution is -2.57. The molecule has 3 N–H and O–H groups in total. The number of likely N-dealkylation sites (tertiary alicyclic amines) is 1. The van der Waals surface area contributed by atoms with Crippen molar-refractivity contribution in [1.82, 2.24) is 10.2 Å². The fourth-order valence-electron chi connectivity index (χ4n) is 6.56. The van der Waals surface area contributed by atoms with Crippen molar-refractivity contribution in [2.45, 2.75) is 57.0 Å². The summed E-state index contributed by atoms with van der Waals surface area (Å²) in [6.07, 6.45) is 0.479. The summed E-state index contributed by atoms with van der Waals surface area (Å²) < 4.78 is 6.67. The van der Waals surface area contributed by atoms with E-state index in [9.17, 15) is 19.5 Å². The highest BCUT2D eigenvalue weighted by atomic mass is 16.5. The Morgan fingerprint density at radius 1 is 1.11 bits per heavy atom. The second kappa shape index (κ2) is 9.01. The molecule has 8 nitrogen and oxygen atoms in total. The molecule has 3 amide bonds. The predicted molar refractivity (Wildman–Crippen MR) is 134 cm³/mol. The molecule has 0 saturated carbocycles. The van der Waals surface area contributed by atoms with E-state index in [1.165, 1.54) is 4.90 Å². The minimum Gasteiger partial charge on any atom is -0.394 e. The largest absolute Gasteiger partial charge is 0.394 e. The van der Waals surface area contributed by atoms with Gasteiger partial charge >= 0.3 is 0 Å². The summed E-state index contributed by atoms with van der Waals surface area (Å²) in [5.74, 6) is -2.59. The van der Waals surface area contributed by atoms with Crippen LogP contribution in [0, 0.1) is 17.8 Å². The molecular weight excluding hydrogens is 458 g/mol. The number of para-hydroxylation sites is 1. The molecule has 0 aliphatic carbocycles. The Labute approximate surface area is 211 Å². The number of ether oxygens (including phenoxy) is 1. The van der Waals surface area contributed by atoms with E-state index in [1.807, 2.05) is 62.4 Å². The number of nitrogens with one attached hydrogen (secondary N) is 2. The van der Waals surface area contributed by atoms with Crippen LogP contribution >= 0.6 is 0 Å². The van der Waals surface area contributed by atoms with Crippen LogP contribution in [0.25, 0.3) is 0 Å². The molecule has 3 heterocycles. The number of anilines is 1. The molecule has 2 aromatic carbocycles. The number of benzene rings is 2. The summed E-state index contributed by atoms with van der Waals surface area (Å²) in [5, 5.41) is 15.9. The van der Waals surface area contributed by atoms with Crippen molar-refractivity contribution in [3.63, 3.8) is 0 Å². The lowest BCUT2D eigenvalue weighted by Gasteiger charge is -2.36. The first-order valence-corrected chi connectivity index (χ1v) is 12.5. The first-order chi connectivity index (χ1) is 17.2. The predicted octanol–water partition coefficient (Wildman–Crippen LogP) is 2.33. The molecule has 0 aromatic heterocycles. The summed E-state index contributed by atoms with van der Waals surface area (Å²) in [6.45, 7) is 5.60. The number of carbonyl (C=O) groups is 3. The summed E-state index contributed by atoms with van der Waals surface area (Å²) in [5.41, 5.74) is -0.471. The Kier molecular flexibility index (Phi) is 6.12. The zero-order chi connectivity index (χ0) is 25.7. The Morgan fingerprint density at radius 2 is 1.75 bits per heavy atom. The number of hydrogen-bond acceptors (Lipinski definition) is 5. The molecule has 3 fully saturated rings. The lowest BCUT2D eigenvalue weighted by molar-refractivity contribution is -0.149. The molecule has 1 spiro atoms. The zero-order valence-corrected chi connectivity index (χ0v) is 20.8. The molecule has 3 aliphatic heterocycles. The molecule has 2 aromatic rings. The molecule has 3 saturated heterocycles. The van der Waals surface area contributed by atoms with Gasteiger partial charge < -0.3 is 25.4 Å². The van der Waals surface area contributed by atoms with E-state index in [0.717, 1.165) is 5.56 Å². The zero-order valence-electron chi connectivity index (χ0n) is 20.8. The van der Waals surface area contributed by atoms with E-state index in [-0.39, 0.29) is 30.2 Å². The third kappa shape index (κ3) is 3.62. The summed E-state index contributed by atoms with van der Waals surface area (Å²) in [4.78, 5) is 42.8. The van der Waals surface area contributed by atoms with Crippen molar-refractivity contribution in [2.75, 3.05) is 11.9 Å².